The molecule has 0 spiro atoms. The number of ether oxygens (including phenoxy) is 1. The van der Waals surface area contributed by atoms with Crippen LogP contribution >= 0.6 is 0 Å². The van der Waals surface area contributed by atoms with E-state index in [0.29, 0.717) is 23.3 Å². The molecule has 1 atom stereocenters. The van der Waals surface area contributed by atoms with Gasteiger partial charge in [0.2, 0.25) is 0 Å². The fourth-order valence-corrected chi connectivity index (χ4v) is 4.39. The van der Waals surface area contributed by atoms with Gasteiger partial charge in [0.1, 0.15) is 11.6 Å². The molecule has 38 heavy (non-hydrogen) atoms. The van der Waals surface area contributed by atoms with Crippen molar-refractivity contribution in [3.63, 3.8) is 0 Å². The van der Waals surface area contributed by atoms with Crippen molar-refractivity contribution in [1.29, 1.82) is 5.26 Å². The number of amides is 2. The smallest absolute Gasteiger partial charge is 0.255 e. The monoisotopic (exact) mass is 512 g/mol. The van der Waals surface area contributed by atoms with Crippen LogP contribution in [0.4, 0.5) is 4.39 Å². The maximum atomic E-state index is 14.4. The second kappa shape index (κ2) is 11.6. The number of nitriles is 1. The molecule has 7 nitrogen and oxygen atoms in total. The molecule has 0 radical (unpaired) electrons. The zero-order valence-electron chi connectivity index (χ0n) is 21.5. The Kier molecular flexibility index (Phi) is 8.07. The van der Waals surface area contributed by atoms with E-state index in [1.165, 1.54) is 13.1 Å². The molecule has 0 bridgehead atoms. The molecule has 194 valence electrons. The van der Waals surface area contributed by atoms with Crippen LogP contribution < -0.4 is 15.4 Å². The highest BCUT2D eigenvalue weighted by Crippen LogP contribution is 2.29. The largest absolute Gasteiger partial charge is 0.490 e. The standard InChI is InChI=1S/C30H29FN4O3/c1-18(2)38-28-9-8-19(20-12-21(29(36)33-3)14-23(31)13-20)16-26(28)30(37)35-24(10-11-32)15-22-17-34-27-7-5-4-6-25(22)27/h4-9,12-14,16-18,24,34H,10,15H2,1-3H3,(H,33,36)(H,35,37). The molecule has 3 N–H and O–H groups in total. The van der Waals surface area contributed by atoms with Gasteiger partial charge in [-0.1, -0.05) is 24.3 Å². The number of aromatic amines is 1. The topological polar surface area (TPSA) is 107 Å². The summed E-state index contributed by atoms with van der Waals surface area (Å²) in [4.78, 5) is 28.9. The van der Waals surface area contributed by atoms with Crippen molar-refractivity contribution >= 4 is 22.7 Å². The van der Waals surface area contributed by atoms with Gasteiger partial charge in [-0.15, -0.1) is 0 Å². The van der Waals surface area contributed by atoms with Gasteiger partial charge in [-0.3, -0.25) is 9.59 Å². The fraction of sp³-hybridized carbons (Fsp3) is 0.233. The normalized spacial score (nSPS) is 11.7. The number of carbonyl (C=O) groups excluding carboxylic acids is 2. The highest BCUT2D eigenvalue weighted by Gasteiger charge is 2.21. The molecule has 0 aliphatic heterocycles. The van der Waals surface area contributed by atoms with Gasteiger partial charge in [0.15, 0.2) is 0 Å². The number of hydrogen-bond donors (Lipinski definition) is 3. The Bertz CT molecular complexity index is 1520. The van der Waals surface area contributed by atoms with Crippen LogP contribution in [-0.4, -0.2) is 36.0 Å². The Morgan fingerprint density at radius 3 is 2.58 bits per heavy atom. The predicted molar refractivity (Wildman–Crippen MR) is 144 cm³/mol. The predicted octanol–water partition coefficient (Wildman–Crippen LogP) is 5.38. The first kappa shape index (κ1) is 26.4. The summed E-state index contributed by atoms with van der Waals surface area (Å²) in [5.74, 6) is -1.03. The van der Waals surface area contributed by atoms with Crippen LogP contribution in [0.5, 0.6) is 5.75 Å². The van der Waals surface area contributed by atoms with Crippen molar-refractivity contribution in [3.05, 3.63) is 89.4 Å². The second-order valence-electron chi connectivity index (χ2n) is 9.28. The first-order chi connectivity index (χ1) is 18.3. The molecule has 1 unspecified atom stereocenters. The molecular formula is C30H29FN4O3. The van der Waals surface area contributed by atoms with Crippen molar-refractivity contribution in [2.24, 2.45) is 0 Å². The molecule has 0 saturated carbocycles. The molecule has 0 saturated heterocycles. The first-order valence-electron chi connectivity index (χ1n) is 12.4. The molecular weight excluding hydrogens is 483 g/mol. The molecule has 4 rings (SSSR count). The summed E-state index contributed by atoms with van der Waals surface area (Å²) in [6.07, 6.45) is 2.28. The van der Waals surface area contributed by atoms with Crippen LogP contribution in [0.3, 0.4) is 0 Å². The summed E-state index contributed by atoms with van der Waals surface area (Å²) in [5.41, 5.74) is 3.39. The summed E-state index contributed by atoms with van der Waals surface area (Å²) in [6, 6.07) is 18.6. The Morgan fingerprint density at radius 2 is 1.84 bits per heavy atom. The van der Waals surface area contributed by atoms with E-state index in [1.807, 2.05) is 44.3 Å². The Morgan fingerprint density at radius 1 is 1.05 bits per heavy atom. The summed E-state index contributed by atoms with van der Waals surface area (Å²) in [6.45, 7) is 3.71. The fourth-order valence-electron chi connectivity index (χ4n) is 4.39. The molecule has 0 fully saturated rings. The minimum atomic E-state index is -0.567. The van der Waals surface area contributed by atoms with E-state index >= 15 is 0 Å². The molecule has 4 aromatic rings. The van der Waals surface area contributed by atoms with E-state index in [4.69, 9.17) is 4.74 Å². The van der Waals surface area contributed by atoms with Crippen molar-refractivity contribution in [2.45, 2.75) is 38.8 Å². The van der Waals surface area contributed by atoms with Crippen molar-refractivity contribution in [2.75, 3.05) is 7.05 Å². The van der Waals surface area contributed by atoms with Gasteiger partial charge in [0.25, 0.3) is 11.8 Å². The third-order valence-electron chi connectivity index (χ3n) is 6.12. The van der Waals surface area contributed by atoms with Crippen LogP contribution in [0.1, 0.15) is 46.5 Å². The number of fused-ring (bicyclic) bond motifs is 1. The Labute approximate surface area is 220 Å². The molecule has 1 aromatic heterocycles. The lowest BCUT2D eigenvalue weighted by Gasteiger charge is -2.19. The molecule has 3 aromatic carbocycles. The highest BCUT2D eigenvalue weighted by molar-refractivity contribution is 5.99. The number of nitrogens with one attached hydrogen (secondary N) is 3. The van der Waals surface area contributed by atoms with Crippen molar-refractivity contribution in [1.82, 2.24) is 15.6 Å². The van der Waals surface area contributed by atoms with Gasteiger partial charge in [0, 0.05) is 35.8 Å². The minimum absolute atomic E-state index is 0.116. The molecule has 0 aliphatic rings. The number of halogens is 1. The zero-order valence-corrected chi connectivity index (χ0v) is 21.5. The van der Waals surface area contributed by atoms with Crippen LogP contribution in [0.15, 0.2) is 66.9 Å². The maximum absolute atomic E-state index is 14.4. The Balaban J connectivity index is 1.67. The third kappa shape index (κ3) is 6.01. The van der Waals surface area contributed by atoms with Crippen LogP contribution in [0, 0.1) is 17.1 Å². The minimum Gasteiger partial charge on any atom is -0.490 e. The quantitative estimate of drug-likeness (QED) is 0.280. The first-order valence-corrected chi connectivity index (χ1v) is 12.4. The van der Waals surface area contributed by atoms with Crippen molar-refractivity contribution in [3.8, 4) is 22.9 Å². The maximum Gasteiger partial charge on any atom is 0.255 e. The molecule has 2 amide bonds. The van der Waals surface area contributed by atoms with Crippen LogP contribution in [-0.2, 0) is 6.42 Å². The number of rotatable bonds is 9. The Hall–Kier alpha value is -4.64. The van der Waals surface area contributed by atoms with Gasteiger partial charge < -0.3 is 20.4 Å². The van der Waals surface area contributed by atoms with E-state index in [2.05, 4.69) is 21.7 Å². The van der Waals surface area contributed by atoms with E-state index in [1.54, 1.807) is 24.3 Å². The molecule has 8 heteroatoms. The number of H-pyrrole nitrogens is 1. The van der Waals surface area contributed by atoms with E-state index in [-0.39, 0.29) is 23.7 Å². The number of hydrogen-bond acceptors (Lipinski definition) is 4. The summed E-state index contributed by atoms with van der Waals surface area (Å²) >= 11 is 0. The van der Waals surface area contributed by atoms with E-state index < -0.39 is 23.7 Å². The molecule has 0 aliphatic carbocycles. The summed E-state index contributed by atoms with van der Waals surface area (Å²) in [7, 11) is 1.47. The van der Waals surface area contributed by atoms with Gasteiger partial charge in [-0.25, -0.2) is 4.39 Å². The van der Waals surface area contributed by atoms with E-state index in [0.717, 1.165) is 22.5 Å². The lowest BCUT2D eigenvalue weighted by molar-refractivity contribution is 0.0929. The lowest BCUT2D eigenvalue weighted by Crippen LogP contribution is -2.36. The SMILES string of the molecule is CNC(=O)c1cc(F)cc(-c2ccc(OC(C)C)c(C(=O)NC(CC#N)Cc3c[nH]c4ccccc34)c2)c1. The highest BCUT2D eigenvalue weighted by atomic mass is 19.1. The summed E-state index contributed by atoms with van der Waals surface area (Å²) < 4.78 is 20.2. The lowest BCUT2D eigenvalue weighted by atomic mass is 9.98. The van der Waals surface area contributed by atoms with Crippen LogP contribution in [0.25, 0.3) is 22.0 Å². The number of carbonyl (C=O) groups is 2. The molecule has 1 heterocycles. The van der Waals surface area contributed by atoms with Gasteiger partial charge >= 0.3 is 0 Å². The second-order valence-corrected chi connectivity index (χ2v) is 9.28. The van der Waals surface area contributed by atoms with Gasteiger partial charge in [0.05, 0.1) is 24.2 Å². The average molecular weight is 513 g/mol. The number of aromatic nitrogens is 1. The average Bonchev–Trinajstić information content (AvgIpc) is 3.30. The zero-order chi connectivity index (χ0) is 27.2. The van der Waals surface area contributed by atoms with Crippen LogP contribution in [0.2, 0.25) is 0 Å². The van der Waals surface area contributed by atoms with Gasteiger partial charge in [-0.05, 0) is 73.4 Å². The third-order valence-corrected chi connectivity index (χ3v) is 6.12. The van der Waals surface area contributed by atoms with E-state index in [9.17, 15) is 19.2 Å². The number of nitrogens with zero attached hydrogens (tertiary/aromatic N) is 1. The summed E-state index contributed by atoms with van der Waals surface area (Å²) in [5, 5.41) is 16.0. The number of para-hydroxylation sites is 1. The van der Waals surface area contributed by atoms with Crippen molar-refractivity contribution < 1.29 is 18.7 Å². The number of benzene rings is 3. The van der Waals surface area contributed by atoms with Gasteiger partial charge in [-0.2, -0.15) is 5.26 Å².